The zero-order valence-corrected chi connectivity index (χ0v) is 25.4. The van der Waals surface area contributed by atoms with Crippen LogP contribution >= 0.6 is 0 Å². The van der Waals surface area contributed by atoms with Crippen molar-refractivity contribution in [1.29, 1.82) is 0 Å². The third-order valence-electron chi connectivity index (χ3n) is 9.73. The molecule has 3 heterocycles. The fourth-order valence-corrected chi connectivity index (χ4v) is 7.00. The van der Waals surface area contributed by atoms with Gasteiger partial charge in [0.2, 0.25) is 11.8 Å². The van der Waals surface area contributed by atoms with E-state index in [1.54, 1.807) is 0 Å². The minimum absolute atomic E-state index is 0.00266. The molecule has 3 aromatic rings. The van der Waals surface area contributed by atoms with Crippen molar-refractivity contribution in [3.05, 3.63) is 47.9 Å². The average Bonchev–Trinajstić information content (AvgIpc) is 3.53. The van der Waals surface area contributed by atoms with Crippen LogP contribution in [0.25, 0.3) is 11.1 Å². The Labute approximate surface area is 248 Å². The monoisotopic (exact) mass is 573 g/mol. The molecule has 42 heavy (non-hydrogen) atoms. The van der Waals surface area contributed by atoms with E-state index in [2.05, 4.69) is 47.3 Å². The summed E-state index contributed by atoms with van der Waals surface area (Å²) in [6, 6.07) is 6.56. The molecule has 0 radical (unpaired) electrons. The van der Waals surface area contributed by atoms with Gasteiger partial charge in [0, 0.05) is 53.6 Å². The van der Waals surface area contributed by atoms with E-state index in [9.17, 15) is 4.79 Å². The van der Waals surface area contributed by atoms with Crippen LogP contribution in [0.3, 0.4) is 0 Å². The number of aromatic nitrogens is 4. The largest absolute Gasteiger partial charge is 0.464 e. The summed E-state index contributed by atoms with van der Waals surface area (Å²) in [6.45, 7) is 10.0. The van der Waals surface area contributed by atoms with Gasteiger partial charge in [0.15, 0.2) is 5.82 Å². The van der Waals surface area contributed by atoms with E-state index < -0.39 is 0 Å². The quantitative estimate of drug-likeness (QED) is 0.328. The molecule has 224 valence electrons. The molecule has 9 nitrogen and oxygen atoms in total. The van der Waals surface area contributed by atoms with Gasteiger partial charge in [-0.1, -0.05) is 38.1 Å². The number of amides is 1. The number of nitrogens with one attached hydrogen (secondary N) is 1. The Morgan fingerprint density at radius 1 is 1.05 bits per heavy atom. The summed E-state index contributed by atoms with van der Waals surface area (Å²) >= 11 is 0. The molecule has 0 atom stereocenters. The van der Waals surface area contributed by atoms with Crippen molar-refractivity contribution in [1.82, 2.24) is 20.1 Å². The second-order valence-electron chi connectivity index (χ2n) is 13.5. The molecule has 1 aromatic carbocycles. The number of anilines is 1. The molecule has 9 heteroatoms. The van der Waals surface area contributed by atoms with Gasteiger partial charge >= 0.3 is 6.01 Å². The normalized spacial score (nSPS) is 24.5. The van der Waals surface area contributed by atoms with Crippen LogP contribution in [-0.2, 0) is 26.8 Å². The maximum absolute atomic E-state index is 13.4. The third-order valence-corrected chi connectivity index (χ3v) is 9.73. The molecule has 7 rings (SSSR count). The van der Waals surface area contributed by atoms with Crippen LogP contribution in [0.4, 0.5) is 5.69 Å². The Bertz CT molecular complexity index is 1380. The minimum atomic E-state index is -0.158. The molecule has 3 saturated carbocycles. The zero-order valence-electron chi connectivity index (χ0n) is 25.4. The second-order valence-corrected chi connectivity index (χ2v) is 13.5. The first kappa shape index (κ1) is 28.8. The lowest BCUT2D eigenvalue weighted by Crippen LogP contribution is -2.46. The van der Waals surface area contributed by atoms with Gasteiger partial charge < -0.3 is 19.3 Å². The van der Waals surface area contributed by atoms with Crippen molar-refractivity contribution in [2.24, 2.45) is 11.3 Å². The number of nitrogens with zero attached hydrogens (tertiary/aromatic N) is 4. The lowest BCUT2D eigenvalue weighted by molar-refractivity contribution is -0.122. The third kappa shape index (κ3) is 5.68. The van der Waals surface area contributed by atoms with Crippen LogP contribution in [-0.4, -0.2) is 45.8 Å². The van der Waals surface area contributed by atoms with Crippen LogP contribution in [0.5, 0.6) is 6.01 Å². The van der Waals surface area contributed by atoms with Crippen LogP contribution in [0.1, 0.15) is 96.3 Å². The molecule has 3 aliphatic carbocycles. The first-order valence-electron chi connectivity index (χ1n) is 15.5. The second kappa shape index (κ2) is 11.4. The van der Waals surface area contributed by atoms with E-state index in [1.165, 1.54) is 0 Å². The number of carbonyl (C=O) groups excluding carboxylic acids is 1. The highest BCUT2D eigenvalue weighted by atomic mass is 16.5. The highest BCUT2D eigenvalue weighted by Crippen LogP contribution is 2.59. The molecule has 0 unspecified atom stereocenters. The van der Waals surface area contributed by atoms with Gasteiger partial charge in [-0.05, 0) is 87.3 Å². The average molecular weight is 574 g/mol. The van der Waals surface area contributed by atoms with E-state index in [0.717, 1.165) is 86.0 Å². The van der Waals surface area contributed by atoms with Crippen LogP contribution < -0.4 is 10.1 Å². The predicted octanol–water partition coefficient (Wildman–Crippen LogP) is 6.42. The first-order valence-corrected chi connectivity index (χ1v) is 15.5. The SMILES string of the molecule is CCOc1ncc(-c2cccc(NC(=O)C3CCOCC3)c2CC23CCC(c4noc(C(C)(C)C)n4)(CC2)CC3)cn1. The Morgan fingerprint density at radius 3 is 2.36 bits per heavy atom. The molecule has 1 saturated heterocycles. The first-order chi connectivity index (χ1) is 20.2. The zero-order chi connectivity index (χ0) is 29.4. The number of fused-ring (bicyclic) bond motifs is 3. The van der Waals surface area contributed by atoms with E-state index in [4.69, 9.17) is 19.0 Å². The molecular formula is C33H43N5O4. The lowest BCUT2D eigenvalue weighted by atomic mass is 9.52. The molecule has 4 fully saturated rings. The van der Waals surface area contributed by atoms with E-state index in [1.807, 2.05) is 31.5 Å². The van der Waals surface area contributed by atoms with Crippen LogP contribution in [0.2, 0.25) is 0 Å². The van der Waals surface area contributed by atoms with E-state index in [0.29, 0.717) is 31.7 Å². The number of ether oxygens (including phenoxy) is 2. The highest BCUT2D eigenvalue weighted by Gasteiger charge is 2.52. The van der Waals surface area contributed by atoms with Gasteiger partial charge in [-0.25, -0.2) is 9.97 Å². The summed E-state index contributed by atoms with van der Waals surface area (Å²) in [4.78, 5) is 27.2. The minimum Gasteiger partial charge on any atom is -0.464 e. The number of carbonyl (C=O) groups is 1. The van der Waals surface area contributed by atoms with Crippen molar-refractivity contribution in [3.63, 3.8) is 0 Å². The van der Waals surface area contributed by atoms with Crippen molar-refractivity contribution >= 4 is 11.6 Å². The van der Waals surface area contributed by atoms with Crippen molar-refractivity contribution in [3.8, 4) is 17.1 Å². The highest BCUT2D eigenvalue weighted by molar-refractivity contribution is 5.94. The molecule has 0 spiro atoms. The molecular weight excluding hydrogens is 530 g/mol. The Balaban J connectivity index is 1.28. The summed E-state index contributed by atoms with van der Waals surface area (Å²) in [5, 5.41) is 7.80. The van der Waals surface area contributed by atoms with Gasteiger partial charge in [-0.2, -0.15) is 4.98 Å². The summed E-state index contributed by atoms with van der Waals surface area (Å²) in [5.41, 5.74) is 4.03. The summed E-state index contributed by atoms with van der Waals surface area (Å²) in [7, 11) is 0. The lowest BCUT2D eigenvalue weighted by Gasteiger charge is -2.52. The van der Waals surface area contributed by atoms with Gasteiger partial charge in [0.1, 0.15) is 0 Å². The fraction of sp³-hybridized carbons (Fsp3) is 0.606. The summed E-state index contributed by atoms with van der Waals surface area (Å²) < 4.78 is 16.7. The van der Waals surface area contributed by atoms with Gasteiger partial charge in [-0.3, -0.25) is 4.79 Å². The maximum atomic E-state index is 13.4. The molecule has 4 aliphatic rings. The molecule has 2 aromatic heterocycles. The molecule has 2 bridgehead atoms. The Hall–Kier alpha value is -3.33. The number of rotatable bonds is 8. The molecule has 1 aliphatic heterocycles. The van der Waals surface area contributed by atoms with E-state index in [-0.39, 0.29) is 28.1 Å². The molecule has 1 amide bonds. The van der Waals surface area contributed by atoms with Crippen LogP contribution in [0, 0.1) is 11.3 Å². The summed E-state index contributed by atoms with van der Waals surface area (Å²) in [5.74, 6) is 1.65. The van der Waals surface area contributed by atoms with Crippen molar-refractivity contribution in [2.75, 3.05) is 25.1 Å². The van der Waals surface area contributed by atoms with Gasteiger partial charge in [0.05, 0.1) is 6.61 Å². The topological polar surface area (TPSA) is 112 Å². The number of hydrogen-bond donors (Lipinski definition) is 1. The van der Waals surface area contributed by atoms with E-state index >= 15 is 0 Å². The van der Waals surface area contributed by atoms with Crippen molar-refractivity contribution < 1.29 is 18.8 Å². The summed E-state index contributed by atoms with van der Waals surface area (Å²) in [6.07, 6.45) is 12.5. The Morgan fingerprint density at radius 2 is 1.74 bits per heavy atom. The standard InChI is InChI=1S/C33H43N5O4/c1-5-41-30-34-20-23(21-35-30)24-7-6-8-26(36-27(39)22-9-17-40-18-10-22)25(24)19-32-11-14-33(15-12-32,16-13-32)28-37-29(42-38-28)31(2,3)4/h6-8,20-22H,5,9-19H2,1-4H3,(H,36,39). The smallest absolute Gasteiger partial charge is 0.316 e. The predicted molar refractivity (Wildman–Crippen MR) is 159 cm³/mol. The number of benzene rings is 1. The van der Waals surface area contributed by atoms with Gasteiger partial charge in [0.25, 0.3) is 0 Å². The Kier molecular flexibility index (Phi) is 7.81. The maximum Gasteiger partial charge on any atom is 0.316 e. The fourth-order valence-electron chi connectivity index (χ4n) is 7.00. The van der Waals surface area contributed by atoms with Gasteiger partial charge in [-0.15, -0.1) is 0 Å². The molecule has 1 N–H and O–H groups in total. The van der Waals surface area contributed by atoms with Crippen LogP contribution in [0.15, 0.2) is 35.1 Å². The number of hydrogen-bond acceptors (Lipinski definition) is 8. The van der Waals surface area contributed by atoms with Crippen molar-refractivity contribution in [2.45, 2.75) is 96.3 Å².